The van der Waals surface area contributed by atoms with Crippen molar-refractivity contribution in [3.63, 3.8) is 0 Å². The number of nitrogens with one attached hydrogen (secondary N) is 1. The van der Waals surface area contributed by atoms with Crippen LogP contribution < -0.4 is 5.32 Å². The second-order valence-corrected chi connectivity index (χ2v) is 6.21. The Hall–Kier alpha value is -0.680. The van der Waals surface area contributed by atoms with Crippen molar-refractivity contribution in [2.45, 2.75) is 19.6 Å². The number of thiophene rings is 1. The van der Waals surface area contributed by atoms with Gasteiger partial charge < -0.3 is 10.1 Å². The Morgan fingerprint density at radius 1 is 1.21 bits per heavy atom. The van der Waals surface area contributed by atoms with Crippen molar-refractivity contribution in [2.75, 3.05) is 13.2 Å². The van der Waals surface area contributed by atoms with E-state index in [0.717, 1.165) is 37.2 Å². The van der Waals surface area contributed by atoms with Crippen LogP contribution >= 0.6 is 27.3 Å². The molecule has 0 unspecified atom stereocenters. The predicted molar refractivity (Wildman–Crippen MR) is 84.4 cm³/mol. The van der Waals surface area contributed by atoms with Gasteiger partial charge in [-0.1, -0.05) is 30.3 Å². The molecule has 1 aromatic carbocycles. The minimum absolute atomic E-state index is 0.717. The molecule has 1 heterocycles. The largest absolute Gasteiger partial charge is 0.376 e. The average Bonchev–Trinajstić information content (AvgIpc) is 2.85. The van der Waals surface area contributed by atoms with Crippen LogP contribution in [-0.2, 0) is 17.9 Å². The van der Waals surface area contributed by atoms with E-state index in [1.807, 2.05) is 6.07 Å². The van der Waals surface area contributed by atoms with Gasteiger partial charge in [-0.05, 0) is 40.5 Å². The van der Waals surface area contributed by atoms with E-state index in [2.05, 4.69) is 57.0 Å². The third kappa shape index (κ3) is 5.87. The Morgan fingerprint density at radius 3 is 2.79 bits per heavy atom. The summed E-state index contributed by atoms with van der Waals surface area (Å²) >= 11 is 5.17. The van der Waals surface area contributed by atoms with E-state index in [0.29, 0.717) is 0 Å². The van der Waals surface area contributed by atoms with Crippen LogP contribution in [-0.4, -0.2) is 13.2 Å². The highest BCUT2D eigenvalue weighted by Gasteiger charge is 1.97. The molecule has 2 aromatic rings. The van der Waals surface area contributed by atoms with Crippen molar-refractivity contribution in [1.29, 1.82) is 0 Å². The van der Waals surface area contributed by atoms with Crippen LogP contribution in [0.25, 0.3) is 0 Å². The Morgan fingerprint density at radius 2 is 2.05 bits per heavy atom. The highest BCUT2D eigenvalue weighted by molar-refractivity contribution is 9.10. The standard InChI is InChI=1S/C15H18BrNOS/c16-14-9-15(19-12-14)11-18-8-4-7-17-10-13-5-2-1-3-6-13/h1-3,5-6,9,12,17H,4,7-8,10-11H2. The summed E-state index contributed by atoms with van der Waals surface area (Å²) in [7, 11) is 0. The van der Waals surface area contributed by atoms with Gasteiger partial charge in [0.1, 0.15) is 0 Å². The van der Waals surface area contributed by atoms with Gasteiger partial charge in [-0.15, -0.1) is 11.3 Å². The topological polar surface area (TPSA) is 21.3 Å². The molecule has 0 atom stereocenters. The quantitative estimate of drug-likeness (QED) is 0.727. The molecule has 1 N–H and O–H groups in total. The molecule has 0 radical (unpaired) electrons. The summed E-state index contributed by atoms with van der Waals surface area (Å²) < 4.78 is 6.77. The van der Waals surface area contributed by atoms with Crippen molar-refractivity contribution in [3.8, 4) is 0 Å². The molecular formula is C15H18BrNOS. The number of benzene rings is 1. The maximum absolute atomic E-state index is 5.63. The molecule has 0 spiro atoms. The van der Waals surface area contributed by atoms with Crippen LogP contribution in [0, 0.1) is 0 Å². The van der Waals surface area contributed by atoms with E-state index in [1.54, 1.807) is 11.3 Å². The first-order valence-corrected chi connectivity index (χ1v) is 8.07. The predicted octanol–water partition coefficient (Wildman–Crippen LogP) is 4.21. The molecule has 2 nitrogen and oxygen atoms in total. The number of halogens is 1. The van der Waals surface area contributed by atoms with Gasteiger partial charge in [0.2, 0.25) is 0 Å². The van der Waals surface area contributed by atoms with Crippen molar-refractivity contribution in [2.24, 2.45) is 0 Å². The molecule has 19 heavy (non-hydrogen) atoms. The Bertz CT molecular complexity index is 472. The zero-order chi connectivity index (χ0) is 13.3. The van der Waals surface area contributed by atoms with Gasteiger partial charge in [-0.3, -0.25) is 0 Å². The summed E-state index contributed by atoms with van der Waals surface area (Å²) in [6.45, 7) is 3.44. The SMILES string of the molecule is Brc1csc(COCCCNCc2ccccc2)c1. The third-order valence-electron chi connectivity index (χ3n) is 2.68. The third-order valence-corrected chi connectivity index (χ3v) is 4.35. The molecule has 0 saturated carbocycles. The van der Waals surface area contributed by atoms with Crippen LogP contribution in [0.3, 0.4) is 0 Å². The lowest BCUT2D eigenvalue weighted by atomic mass is 10.2. The number of hydrogen-bond donors (Lipinski definition) is 1. The molecule has 0 amide bonds. The van der Waals surface area contributed by atoms with Crippen LogP contribution in [0.1, 0.15) is 16.9 Å². The van der Waals surface area contributed by atoms with E-state index < -0.39 is 0 Å². The maximum atomic E-state index is 5.63. The molecule has 0 aliphatic heterocycles. The molecule has 4 heteroatoms. The van der Waals surface area contributed by atoms with E-state index in [1.165, 1.54) is 10.4 Å². The zero-order valence-corrected chi connectivity index (χ0v) is 13.2. The molecule has 0 bridgehead atoms. The van der Waals surface area contributed by atoms with Crippen molar-refractivity contribution in [3.05, 3.63) is 56.7 Å². The number of rotatable bonds is 8. The highest BCUT2D eigenvalue weighted by Crippen LogP contribution is 2.20. The molecule has 2 rings (SSSR count). The minimum atomic E-state index is 0.717. The fraction of sp³-hybridized carbons (Fsp3) is 0.333. The maximum Gasteiger partial charge on any atom is 0.0809 e. The molecule has 0 aliphatic carbocycles. The van der Waals surface area contributed by atoms with E-state index in [-0.39, 0.29) is 0 Å². The molecule has 102 valence electrons. The summed E-state index contributed by atoms with van der Waals surface area (Å²) in [4.78, 5) is 1.27. The van der Waals surface area contributed by atoms with Gasteiger partial charge in [-0.2, -0.15) is 0 Å². The van der Waals surface area contributed by atoms with Gasteiger partial charge >= 0.3 is 0 Å². The summed E-state index contributed by atoms with van der Waals surface area (Å²) in [6.07, 6.45) is 1.04. The molecular weight excluding hydrogens is 322 g/mol. The summed E-state index contributed by atoms with van der Waals surface area (Å²) in [5.41, 5.74) is 1.33. The van der Waals surface area contributed by atoms with Crippen LogP contribution in [0.5, 0.6) is 0 Å². The second kappa shape index (κ2) is 8.48. The monoisotopic (exact) mass is 339 g/mol. The molecule has 0 saturated heterocycles. The van der Waals surface area contributed by atoms with Gasteiger partial charge in [-0.25, -0.2) is 0 Å². The van der Waals surface area contributed by atoms with Gasteiger partial charge in [0.15, 0.2) is 0 Å². The van der Waals surface area contributed by atoms with Crippen molar-refractivity contribution in [1.82, 2.24) is 5.32 Å². The van der Waals surface area contributed by atoms with Gasteiger partial charge in [0, 0.05) is 27.9 Å². The smallest absolute Gasteiger partial charge is 0.0809 e. The Labute approximate surface area is 126 Å². The molecule has 0 fully saturated rings. The zero-order valence-electron chi connectivity index (χ0n) is 10.8. The Kier molecular flexibility index (Phi) is 6.57. The lowest BCUT2D eigenvalue weighted by molar-refractivity contribution is 0.120. The van der Waals surface area contributed by atoms with Gasteiger partial charge in [0.05, 0.1) is 6.61 Å². The summed E-state index contributed by atoms with van der Waals surface area (Å²) in [5.74, 6) is 0. The van der Waals surface area contributed by atoms with E-state index >= 15 is 0 Å². The van der Waals surface area contributed by atoms with Crippen LogP contribution in [0.2, 0.25) is 0 Å². The van der Waals surface area contributed by atoms with Gasteiger partial charge in [0.25, 0.3) is 0 Å². The summed E-state index contributed by atoms with van der Waals surface area (Å²) in [5, 5.41) is 5.50. The second-order valence-electron chi connectivity index (χ2n) is 4.30. The molecule has 0 aliphatic rings. The molecule has 1 aromatic heterocycles. The fourth-order valence-corrected chi connectivity index (χ4v) is 3.12. The minimum Gasteiger partial charge on any atom is -0.376 e. The van der Waals surface area contributed by atoms with E-state index in [4.69, 9.17) is 4.74 Å². The number of hydrogen-bond acceptors (Lipinski definition) is 3. The highest BCUT2D eigenvalue weighted by atomic mass is 79.9. The first kappa shape index (κ1) is 14.7. The average molecular weight is 340 g/mol. The van der Waals surface area contributed by atoms with Crippen LogP contribution in [0.15, 0.2) is 46.3 Å². The Balaban J connectivity index is 1.48. The van der Waals surface area contributed by atoms with Crippen molar-refractivity contribution < 1.29 is 4.74 Å². The van der Waals surface area contributed by atoms with E-state index in [9.17, 15) is 0 Å². The normalized spacial score (nSPS) is 10.8. The fourth-order valence-electron chi connectivity index (χ4n) is 1.73. The lowest BCUT2D eigenvalue weighted by Crippen LogP contribution is -2.16. The summed E-state index contributed by atoms with van der Waals surface area (Å²) in [6, 6.07) is 12.6. The first-order chi connectivity index (χ1) is 9.34. The first-order valence-electron chi connectivity index (χ1n) is 6.40. The van der Waals surface area contributed by atoms with Crippen LogP contribution in [0.4, 0.5) is 0 Å². The lowest BCUT2D eigenvalue weighted by Gasteiger charge is -2.05. The number of ether oxygens (including phenoxy) is 1. The van der Waals surface area contributed by atoms with Crippen molar-refractivity contribution >= 4 is 27.3 Å².